The molecule has 0 amide bonds. The van der Waals surface area contributed by atoms with Crippen molar-refractivity contribution in [2.45, 2.75) is 18.7 Å². The van der Waals surface area contributed by atoms with Crippen LogP contribution in [0.2, 0.25) is 0 Å². The zero-order chi connectivity index (χ0) is 13.2. The van der Waals surface area contributed by atoms with E-state index >= 15 is 0 Å². The van der Waals surface area contributed by atoms with E-state index in [9.17, 15) is 18.3 Å². The van der Waals surface area contributed by atoms with E-state index in [2.05, 4.69) is 9.97 Å². The molecule has 96 valence electrons. The summed E-state index contributed by atoms with van der Waals surface area (Å²) in [6.45, 7) is 0. The predicted molar refractivity (Wildman–Crippen MR) is 60.2 cm³/mol. The standard InChI is InChI=1S/C11H9F3N2OS/c12-11(13,14)5-9-16-8(6-18-9)10(17)7-1-3-15-4-2-7/h1-4,6,10,17H,5H2. The molecular weight excluding hydrogens is 265 g/mol. The monoisotopic (exact) mass is 274 g/mol. The van der Waals surface area contributed by atoms with Gasteiger partial charge in [0.1, 0.15) is 11.1 Å². The van der Waals surface area contributed by atoms with Gasteiger partial charge in [0.05, 0.1) is 12.1 Å². The number of nitrogens with zero attached hydrogens (tertiary/aromatic N) is 2. The zero-order valence-corrected chi connectivity index (χ0v) is 9.87. The largest absolute Gasteiger partial charge is 0.395 e. The summed E-state index contributed by atoms with van der Waals surface area (Å²) in [4.78, 5) is 7.60. The van der Waals surface area contributed by atoms with Gasteiger partial charge in [0, 0.05) is 17.8 Å². The smallest absolute Gasteiger partial charge is 0.382 e. The lowest BCUT2D eigenvalue weighted by molar-refractivity contribution is -0.127. The van der Waals surface area contributed by atoms with Crippen molar-refractivity contribution in [1.29, 1.82) is 0 Å². The topological polar surface area (TPSA) is 46.0 Å². The molecule has 7 heteroatoms. The molecule has 2 aromatic rings. The Hall–Kier alpha value is -1.47. The second-order valence-electron chi connectivity index (χ2n) is 3.64. The minimum atomic E-state index is -4.28. The van der Waals surface area contributed by atoms with Crippen LogP contribution in [0.5, 0.6) is 0 Å². The van der Waals surface area contributed by atoms with E-state index in [1.807, 2.05) is 0 Å². The molecule has 0 radical (unpaired) electrons. The molecule has 2 aromatic heterocycles. The number of hydrogen-bond donors (Lipinski definition) is 1. The van der Waals surface area contributed by atoms with E-state index in [1.54, 1.807) is 12.1 Å². The quantitative estimate of drug-likeness (QED) is 0.936. The number of alkyl halides is 3. The van der Waals surface area contributed by atoms with Gasteiger partial charge in [-0.2, -0.15) is 13.2 Å². The highest BCUT2D eigenvalue weighted by Crippen LogP contribution is 2.27. The summed E-state index contributed by atoms with van der Waals surface area (Å²) < 4.78 is 36.5. The van der Waals surface area contributed by atoms with Crippen LogP contribution in [0.4, 0.5) is 13.2 Å². The van der Waals surface area contributed by atoms with Crippen molar-refractivity contribution in [3.63, 3.8) is 0 Å². The van der Waals surface area contributed by atoms with Crippen LogP contribution in [0.1, 0.15) is 22.4 Å². The molecule has 1 atom stereocenters. The van der Waals surface area contributed by atoms with Gasteiger partial charge < -0.3 is 5.11 Å². The molecule has 0 saturated carbocycles. The van der Waals surface area contributed by atoms with Gasteiger partial charge in [0.2, 0.25) is 0 Å². The first kappa shape index (κ1) is 13.0. The molecule has 3 nitrogen and oxygen atoms in total. The van der Waals surface area contributed by atoms with Crippen molar-refractivity contribution in [2.24, 2.45) is 0 Å². The van der Waals surface area contributed by atoms with Crippen LogP contribution in [0.15, 0.2) is 29.9 Å². The molecule has 0 aliphatic rings. The zero-order valence-electron chi connectivity index (χ0n) is 9.05. The summed E-state index contributed by atoms with van der Waals surface area (Å²) in [6, 6.07) is 3.18. The Morgan fingerprint density at radius 1 is 1.28 bits per heavy atom. The maximum absolute atomic E-state index is 12.2. The Bertz CT molecular complexity index is 513. The summed E-state index contributed by atoms with van der Waals surface area (Å²) in [5.41, 5.74) is 0.777. The fourth-order valence-corrected chi connectivity index (χ4v) is 2.26. The minimum Gasteiger partial charge on any atom is -0.382 e. The molecule has 0 aliphatic carbocycles. The summed E-state index contributed by atoms with van der Waals surface area (Å²) in [5.74, 6) is 0. The van der Waals surface area contributed by atoms with Crippen molar-refractivity contribution in [3.8, 4) is 0 Å². The lowest BCUT2D eigenvalue weighted by atomic mass is 10.1. The molecule has 2 rings (SSSR count). The summed E-state index contributed by atoms with van der Waals surface area (Å²) in [7, 11) is 0. The molecule has 0 aliphatic heterocycles. The number of rotatable bonds is 3. The average molecular weight is 274 g/mol. The lowest BCUT2D eigenvalue weighted by Gasteiger charge is -2.07. The van der Waals surface area contributed by atoms with Crippen molar-refractivity contribution in [3.05, 3.63) is 46.2 Å². The number of aromatic nitrogens is 2. The van der Waals surface area contributed by atoms with Crippen LogP contribution >= 0.6 is 11.3 Å². The van der Waals surface area contributed by atoms with E-state index in [1.165, 1.54) is 17.8 Å². The Morgan fingerprint density at radius 3 is 2.56 bits per heavy atom. The van der Waals surface area contributed by atoms with E-state index in [0.717, 1.165) is 11.3 Å². The van der Waals surface area contributed by atoms with Gasteiger partial charge in [-0.25, -0.2) is 4.98 Å². The van der Waals surface area contributed by atoms with E-state index < -0.39 is 18.7 Å². The first-order chi connectivity index (χ1) is 8.46. The highest BCUT2D eigenvalue weighted by atomic mass is 32.1. The minimum absolute atomic E-state index is 0.0504. The number of thiazole rings is 1. The third-order valence-electron chi connectivity index (χ3n) is 2.22. The van der Waals surface area contributed by atoms with Gasteiger partial charge in [-0.05, 0) is 17.7 Å². The van der Waals surface area contributed by atoms with Gasteiger partial charge in [0.15, 0.2) is 0 Å². The van der Waals surface area contributed by atoms with Gasteiger partial charge >= 0.3 is 6.18 Å². The van der Waals surface area contributed by atoms with Crippen molar-refractivity contribution in [2.75, 3.05) is 0 Å². The van der Waals surface area contributed by atoms with Crippen LogP contribution in [-0.4, -0.2) is 21.3 Å². The normalized spacial score (nSPS) is 13.6. The fourth-order valence-electron chi connectivity index (χ4n) is 1.42. The third kappa shape index (κ3) is 3.27. The summed E-state index contributed by atoms with van der Waals surface area (Å²) in [6.07, 6.45) is -3.37. The van der Waals surface area contributed by atoms with E-state index in [-0.39, 0.29) is 10.7 Å². The highest BCUT2D eigenvalue weighted by Gasteiger charge is 2.29. The molecule has 2 heterocycles. The second-order valence-corrected chi connectivity index (χ2v) is 4.58. The van der Waals surface area contributed by atoms with Gasteiger partial charge in [-0.15, -0.1) is 11.3 Å². The number of aliphatic hydroxyl groups excluding tert-OH is 1. The van der Waals surface area contributed by atoms with Crippen LogP contribution in [-0.2, 0) is 6.42 Å². The van der Waals surface area contributed by atoms with Crippen LogP contribution < -0.4 is 0 Å². The fraction of sp³-hybridized carbons (Fsp3) is 0.273. The molecule has 0 fully saturated rings. The predicted octanol–water partition coefficient (Wildman–Crippen LogP) is 2.72. The summed E-state index contributed by atoms with van der Waals surface area (Å²) in [5, 5.41) is 11.3. The molecule has 18 heavy (non-hydrogen) atoms. The van der Waals surface area contributed by atoms with E-state index in [4.69, 9.17) is 0 Å². The Balaban J connectivity index is 2.15. The van der Waals surface area contributed by atoms with Crippen molar-refractivity contribution in [1.82, 2.24) is 9.97 Å². The second kappa shape index (κ2) is 5.03. The highest BCUT2D eigenvalue weighted by molar-refractivity contribution is 7.09. The number of halogens is 3. The number of pyridine rings is 1. The van der Waals surface area contributed by atoms with Crippen molar-refractivity contribution >= 4 is 11.3 Å². The molecule has 1 unspecified atom stereocenters. The Kier molecular flexibility index (Phi) is 3.63. The Labute approximate surface area is 105 Å². The number of aliphatic hydroxyl groups is 1. The molecule has 1 N–H and O–H groups in total. The Morgan fingerprint density at radius 2 is 1.94 bits per heavy atom. The van der Waals surface area contributed by atoms with Gasteiger partial charge in [-0.1, -0.05) is 0 Å². The first-order valence-electron chi connectivity index (χ1n) is 5.05. The maximum atomic E-state index is 12.2. The summed E-state index contributed by atoms with van der Waals surface area (Å²) >= 11 is 0.893. The van der Waals surface area contributed by atoms with Crippen molar-refractivity contribution < 1.29 is 18.3 Å². The first-order valence-corrected chi connectivity index (χ1v) is 5.93. The molecular formula is C11H9F3N2OS. The molecule has 0 saturated heterocycles. The van der Waals surface area contributed by atoms with Crippen LogP contribution in [0, 0.1) is 0 Å². The number of hydrogen-bond acceptors (Lipinski definition) is 4. The molecule has 0 bridgehead atoms. The van der Waals surface area contributed by atoms with Crippen LogP contribution in [0.25, 0.3) is 0 Å². The van der Waals surface area contributed by atoms with E-state index in [0.29, 0.717) is 5.56 Å². The lowest BCUT2D eigenvalue weighted by Crippen LogP contribution is -2.11. The van der Waals surface area contributed by atoms with Gasteiger partial charge in [-0.3, -0.25) is 4.98 Å². The average Bonchev–Trinajstić information content (AvgIpc) is 2.75. The SMILES string of the molecule is OC(c1ccncc1)c1csc(CC(F)(F)F)n1. The van der Waals surface area contributed by atoms with Crippen LogP contribution in [0.3, 0.4) is 0 Å². The maximum Gasteiger partial charge on any atom is 0.395 e. The van der Waals surface area contributed by atoms with Gasteiger partial charge in [0.25, 0.3) is 0 Å². The third-order valence-corrected chi connectivity index (χ3v) is 3.09. The molecule has 0 spiro atoms. The molecule has 0 aromatic carbocycles.